The Balaban J connectivity index is 2.53. The third kappa shape index (κ3) is 1.40. The van der Waals surface area contributed by atoms with Gasteiger partial charge in [-0.1, -0.05) is 0 Å². The molecule has 0 aromatic heterocycles. The Bertz CT molecular complexity index is 137. The van der Waals surface area contributed by atoms with Crippen molar-refractivity contribution in [2.75, 3.05) is 7.11 Å². The van der Waals surface area contributed by atoms with Crippen LogP contribution in [0.1, 0.15) is 0 Å². The molecule has 0 unspecified atom stereocenters. The third-order valence-electron chi connectivity index (χ3n) is 0.616. The molecule has 1 aliphatic heterocycles. The highest BCUT2D eigenvalue weighted by molar-refractivity contribution is 14.2. The van der Waals surface area contributed by atoms with Gasteiger partial charge in [0.15, 0.2) is 4.32 Å². The summed E-state index contributed by atoms with van der Waals surface area (Å²) >= 11 is 5.01. The first-order chi connectivity index (χ1) is 3.84. The summed E-state index contributed by atoms with van der Waals surface area (Å²) in [6.45, 7) is 0. The fourth-order valence-electron chi connectivity index (χ4n) is 0.282. The standard InChI is InChI=1S/C3H4INOS2/c1-6-5-2-4-8-3(5)7/h2H,1H3. The summed E-state index contributed by atoms with van der Waals surface area (Å²) in [5, 5.41) is 1.65. The van der Waals surface area contributed by atoms with Crippen molar-refractivity contribution in [3.05, 3.63) is 0 Å². The summed E-state index contributed by atoms with van der Waals surface area (Å²) in [6, 6.07) is 0. The topological polar surface area (TPSA) is 12.5 Å². The van der Waals surface area contributed by atoms with E-state index in [1.165, 1.54) is 0 Å². The summed E-state index contributed by atoms with van der Waals surface area (Å²) in [4.78, 5) is 4.87. The van der Waals surface area contributed by atoms with E-state index in [9.17, 15) is 0 Å². The Morgan fingerprint density at radius 1 is 2.00 bits per heavy atom. The lowest BCUT2D eigenvalue weighted by molar-refractivity contribution is 0.0141. The van der Waals surface area contributed by atoms with E-state index in [0.717, 1.165) is 4.32 Å². The van der Waals surface area contributed by atoms with Crippen molar-refractivity contribution in [3.63, 3.8) is 0 Å². The zero-order chi connectivity index (χ0) is 5.98. The maximum Gasteiger partial charge on any atom is 0.175 e. The number of hydrogen-bond acceptors (Lipinski definition) is 3. The van der Waals surface area contributed by atoms with Gasteiger partial charge < -0.3 is 0 Å². The average molecular weight is 261 g/mol. The molecule has 46 valence electrons. The number of thiocarbonyl (C=S) groups is 1. The van der Waals surface area contributed by atoms with Gasteiger partial charge in [-0.05, 0) is 40.5 Å². The van der Waals surface area contributed by atoms with Gasteiger partial charge in [0.2, 0.25) is 0 Å². The minimum absolute atomic E-state index is 0.107. The van der Waals surface area contributed by atoms with Gasteiger partial charge in [-0.3, -0.25) is 4.84 Å². The van der Waals surface area contributed by atoms with Gasteiger partial charge in [-0.15, -0.1) is 0 Å². The van der Waals surface area contributed by atoms with Crippen LogP contribution in [0.5, 0.6) is 0 Å². The minimum Gasteiger partial charge on any atom is -0.271 e. The van der Waals surface area contributed by atoms with Crippen molar-refractivity contribution in [3.8, 4) is 0 Å². The molecule has 0 amide bonds. The Morgan fingerprint density at radius 2 is 2.75 bits per heavy atom. The number of halogens is 1. The molecule has 0 radical (unpaired) electrons. The number of hydroxylamine groups is 2. The van der Waals surface area contributed by atoms with Crippen LogP contribution in [0.2, 0.25) is 0 Å². The van der Waals surface area contributed by atoms with Crippen molar-refractivity contribution in [1.29, 1.82) is 0 Å². The van der Waals surface area contributed by atoms with Crippen molar-refractivity contribution < 1.29 is 4.84 Å². The molecule has 0 N–H and O–H groups in total. The van der Waals surface area contributed by atoms with Crippen LogP contribution in [0.25, 0.3) is 0 Å². The van der Waals surface area contributed by atoms with Gasteiger partial charge in [-0.25, -0.2) is 5.06 Å². The predicted molar refractivity (Wildman–Crippen MR) is 49.1 cm³/mol. The third-order valence-corrected chi connectivity index (χ3v) is 5.63. The fraction of sp³-hybridized carbons (Fsp3) is 0.333. The summed E-state index contributed by atoms with van der Waals surface area (Å²) in [6.07, 6.45) is 0. The molecular weight excluding hydrogens is 257 g/mol. The van der Waals surface area contributed by atoms with Crippen LogP contribution in [0.3, 0.4) is 0 Å². The number of rotatable bonds is 1. The highest BCUT2D eigenvalue weighted by atomic mass is 127. The molecule has 0 spiro atoms. The first-order valence-corrected chi connectivity index (χ1v) is 6.87. The van der Waals surface area contributed by atoms with Crippen LogP contribution in [0.4, 0.5) is 0 Å². The lowest BCUT2D eigenvalue weighted by atomic mass is 11.2. The summed E-state index contributed by atoms with van der Waals surface area (Å²) < 4.78 is 2.87. The Hall–Kier alpha value is 0.800. The predicted octanol–water partition coefficient (Wildman–Crippen LogP) is 1.53. The molecule has 1 rings (SSSR count). The smallest absolute Gasteiger partial charge is 0.175 e. The monoisotopic (exact) mass is 261 g/mol. The Kier molecular flexibility index (Phi) is 2.67. The van der Waals surface area contributed by atoms with Crippen molar-refractivity contribution in [2.45, 2.75) is 0 Å². The second-order valence-electron chi connectivity index (χ2n) is 1.04. The number of hydrogen-bond donors (Lipinski definition) is 0. The largest absolute Gasteiger partial charge is 0.271 e. The van der Waals surface area contributed by atoms with Crippen molar-refractivity contribution in [1.82, 2.24) is 5.06 Å². The van der Waals surface area contributed by atoms with Gasteiger partial charge >= 0.3 is 0 Å². The average Bonchev–Trinajstić information content (AvgIpc) is 2.14. The number of nitrogens with zero attached hydrogens (tertiary/aromatic N) is 1. The molecule has 1 aliphatic rings. The lowest BCUT2D eigenvalue weighted by Gasteiger charge is -2.08. The second-order valence-corrected chi connectivity index (χ2v) is 5.81. The first kappa shape index (κ1) is 6.91. The Morgan fingerprint density at radius 3 is 3.00 bits per heavy atom. The first-order valence-electron chi connectivity index (χ1n) is 1.85. The van der Waals surface area contributed by atoms with Gasteiger partial charge in [0, 0.05) is 0 Å². The molecule has 0 atom stereocenters. The summed E-state index contributed by atoms with van der Waals surface area (Å²) in [5.74, 6) is 0. The second kappa shape index (κ2) is 3.09. The van der Waals surface area contributed by atoms with Gasteiger partial charge in [0.05, 0.1) is 11.2 Å². The zero-order valence-corrected chi connectivity index (χ0v) is 7.92. The van der Waals surface area contributed by atoms with E-state index in [4.69, 9.17) is 17.1 Å². The van der Waals surface area contributed by atoms with E-state index >= 15 is 0 Å². The minimum atomic E-state index is 0.107. The van der Waals surface area contributed by atoms with Crippen LogP contribution >= 0.6 is 40.5 Å². The molecule has 5 heteroatoms. The molecule has 0 saturated carbocycles. The molecule has 8 heavy (non-hydrogen) atoms. The van der Waals surface area contributed by atoms with Gasteiger partial charge in [0.25, 0.3) is 0 Å². The molecular formula is C3H4INOS2. The summed E-state index contributed by atoms with van der Waals surface area (Å²) in [7, 11) is 3.34. The molecule has 0 saturated heterocycles. The molecule has 0 fully saturated rings. The highest BCUT2D eigenvalue weighted by Gasteiger charge is 2.10. The Labute approximate surface area is 65.7 Å². The summed E-state index contributed by atoms with van der Waals surface area (Å²) in [5.41, 5.74) is 0. The van der Waals surface area contributed by atoms with E-state index in [1.807, 2.05) is 4.14 Å². The zero-order valence-electron chi connectivity index (χ0n) is 4.13. The molecule has 0 aromatic rings. The molecule has 0 aliphatic carbocycles. The van der Waals surface area contributed by atoms with E-state index in [0.29, 0.717) is 0 Å². The maximum absolute atomic E-state index is 4.90. The van der Waals surface area contributed by atoms with Gasteiger partial charge in [-0.2, -0.15) is 0 Å². The van der Waals surface area contributed by atoms with Crippen molar-refractivity contribution >= 4 is 49.0 Å². The van der Waals surface area contributed by atoms with E-state index < -0.39 is 0 Å². The molecule has 0 bridgehead atoms. The van der Waals surface area contributed by atoms with Crippen LogP contribution < -0.4 is 0 Å². The SMILES string of the molecule is CON1C=ISC1=S. The van der Waals surface area contributed by atoms with E-state index in [1.54, 1.807) is 21.1 Å². The fourth-order valence-corrected chi connectivity index (χ4v) is 4.60. The molecule has 2 nitrogen and oxygen atoms in total. The van der Waals surface area contributed by atoms with E-state index in [-0.39, 0.29) is 19.3 Å². The molecule has 0 aromatic carbocycles. The van der Waals surface area contributed by atoms with Crippen LogP contribution in [-0.2, 0) is 4.84 Å². The lowest BCUT2D eigenvalue weighted by Crippen LogP contribution is -2.19. The highest BCUT2D eigenvalue weighted by Crippen LogP contribution is 2.29. The quantitative estimate of drug-likeness (QED) is 0.524. The van der Waals surface area contributed by atoms with E-state index in [2.05, 4.69) is 0 Å². The van der Waals surface area contributed by atoms with Crippen LogP contribution in [0, 0.1) is 0 Å². The van der Waals surface area contributed by atoms with Crippen LogP contribution in [-0.4, -0.2) is 20.6 Å². The van der Waals surface area contributed by atoms with Gasteiger partial charge in [0.1, 0.15) is 0 Å². The van der Waals surface area contributed by atoms with Crippen LogP contribution in [0.15, 0.2) is 0 Å². The van der Waals surface area contributed by atoms with Crippen molar-refractivity contribution in [2.24, 2.45) is 0 Å². The normalized spacial score (nSPS) is 19.1. The molecule has 1 heterocycles. The maximum atomic E-state index is 4.90.